The third-order valence-corrected chi connectivity index (χ3v) is 9.15. The lowest BCUT2D eigenvalue weighted by atomic mass is 10.0. The normalized spacial score (nSPS) is 13.7. The highest BCUT2D eigenvalue weighted by molar-refractivity contribution is 5.97. The highest BCUT2D eigenvalue weighted by Gasteiger charge is 2.20. The second kappa shape index (κ2) is 13.4. The van der Waals surface area contributed by atoms with Crippen LogP contribution in [0.25, 0.3) is 28.0 Å². The minimum Gasteiger partial charge on any atom is -0.371 e. The van der Waals surface area contributed by atoms with Crippen LogP contribution in [0.2, 0.25) is 0 Å². The molecule has 0 radical (unpaired) electrons. The number of anilines is 2. The number of amides is 1. The van der Waals surface area contributed by atoms with Crippen LogP contribution in [-0.4, -0.2) is 38.9 Å². The number of carbonyl (C=O) groups excluding carboxylic acids is 2. The Bertz CT molecular complexity index is 2040. The van der Waals surface area contributed by atoms with Gasteiger partial charge in [-0.2, -0.15) is 0 Å². The van der Waals surface area contributed by atoms with Crippen LogP contribution in [0.1, 0.15) is 67.9 Å². The maximum atomic E-state index is 14.2. The molecular weight excluding hydrogens is 593 g/mol. The van der Waals surface area contributed by atoms with Gasteiger partial charge in [-0.1, -0.05) is 39.0 Å². The first-order chi connectivity index (χ1) is 22.7. The molecule has 3 aromatic carbocycles. The molecule has 1 saturated heterocycles. The van der Waals surface area contributed by atoms with Gasteiger partial charge in [-0.05, 0) is 79.8 Å². The molecule has 242 valence electrons. The first kappa shape index (κ1) is 31.9. The van der Waals surface area contributed by atoms with Crippen LogP contribution in [0, 0.1) is 18.7 Å². The number of rotatable bonds is 10. The molecule has 5 aromatic rings. The van der Waals surface area contributed by atoms with E-state index in [4.69, 9.17) is 0 Å². The molecule has 1 aliphatic heterocycles. The van der Waals surface area contributed by atoms with Crippen LogP contribution in [0.4, 0.5) is 15.8 Å². The Morgan fingerprint density at radius 3 is 2.51 bits per heavy atom. The number of nitrogens with zero attached hydrogens (tertiary/aromatic N) is 4. The minimum atomic E-state index is -0.385. The molecule has 1 atom stereocenters. The summed E-state index contributed by atoms with van der Waals surface area (Å²) in [4.78, 5) is 46.6. The highest BCUT2D eigenvalue weighted by Crippen LogP contribution is 2.31. The predicted molar refractivity (Wildman–Crippen MR) is 185 cm³/mol. The fraction of sp³-hybridized carbons (Fsp3) is 0.316. The van der Waals surface area contributed by atoms with Crippen LogP contribution in [0.5, 0.6) is 0 Å². The third-order valence-electron chi connectivity index (χ3n) is 9.15. The van der Waals surface area contributed by atoms with Crippen molar-refractivity contribution in [2.75, 3.05) is 23.3 Å². The Labute approximate surface area is 273 Å². The topological polar surface area (TPSA) is 89.2 Å². The lowest BCUT2D eigenvalue weighted by Crippen LogP contribution is -2.30. The fourth-order valence-corrected chi connectivity index (χ4v) is 6.24. The molecule has 1 N–H and O–H groups in total. The summed E-state index contributed by atoms with van der Waals surface area (Å²) >= 11 is 0. The number of benzene rings is 3. The Morgan fingerprint density at radius 1 is 1.00 bits per heavy atom. The minimum absolute atomic E-state index is 0.00439. The Kier molecular flexibility index (Phi) is 9.07. The van der Waals surface area contributed by atoms with E-state index >= 15 is 0 Å². The zero-order valence-electron chi connectivity index (χ0n) is 27.3. The molecule has 3 heterocycles. The largest absolute Gasteiger partial charge is 0.371 e. The smallest absolute Gasteiger partial charge is 0.277 e. The van der Waals surface area contributed by atoms with Gasteiger partial charge in [0.25, 0.3) is 5.56 Å². The van der Waals surface area contributed by atoms with Crippen molar-refractivity contribution in [2.24, 2.45) is 5.92 Å². The van der Waals surface area contributed by atoms with Gasteiger partial charge in [-0.3, -0.25) is 19.0 Å². The van der Waals surface area contributed by atoms with E-state index in [-0.39, 0.29) is 41.2 Å². The van der Waals surface area contributed by atoms with Crippen LogP contribution >= 0.6 is 0 Å². The summed E-state index contributed by atoms with van der Waals surface area (Å²) in [6.45, 7) is 9.56. The Balaban J connectivity index is 1.51. The van der Waals surface area contributed by atoms with Crippen LogP contribution in [0.15, 0.2) is 77.9 Å². The van der Waals surface area contributed by atoms with Crippen molar-refractivity contribution in [3.63, 3.8) is 0 Å². The fourth-order valence-electron chi connectivity index (χ4n) is 6.24. The Hall–Kier alpha value is -5.05. The summed E-state index contributed by atoms with van der Waals surface area (Å²) < 4.78 is 17.8. The maximum absolute atomic E-state index is 14.2. The summed E-state index contributed by atoms with van der Waals surface area (Å²) in [5.41, 5.74) is 5.54. The number of aryl methyl sites for hydroxylation is 1. The van der Waals surface area contributed by atoms with E-state index < -0.39 is 0 Å². The number of halogens is 1. The van der Waals surface area contributed by atoms with Crippen molar-refractivity contribution < 1.29 is 14.0 Å². The number of hydrogen-bond acceptors (Lipinski definition) is 5. The number of aromatic nitrogens is 3. The molecule has 2 aromatic heterocycles. The number of ketones is 1. The molecular formula is C38H40FN5O3. The van der Waals surface area contributed by atoms with Crippen LogP contribution in [0.3, 0.4) is 0 Å². The van der Waals surface area contributed by atoms with E-state index in [0.717, 1.165) is 59.3 Å². The maximum Gasteiger partial charge on any atom is 0.277 e. The van der Waals surface area contributed by atoms with Gasteiger partial charge >= 0.3 is 0 Å². The van der Waals surface area contributed by atoms with Gasteiger partial charge in [0.2, 0.25) is 5.91 Å². The SMILES string of the molecule is CCC(=O)c1cccc(-c2ncc(NC(=O)[C@H](C)CC)c(=O)n2Cc2cc(N3CCCC3)cc(-n3cc(C)c4cc(F)ccc43)c2)c1. The molecule has 0 saturated carbocycles. The number of fused-ring (bicyclic) bond motifs is 1. The van der Waals surface area contributed by atoms with Crippen LogP contribution < -0.4 is 15.8 Å². The summed E-state index contributed by atoms with van der Waals surface area (Å²) in [6.07, 6.45) is 6.61. The zero-order valence-corrected chi connectivity index (χ0v) is 27.3. The number of hydrogen-bond donors (Lipinski definition) is 1. The van der Waals surface area contributed by atoms with E-state index in [1.807, 2.05) is 46.0 Å². The van der Waals surface area contributed by atoms with Gasteiger partial charge < -0.3 is 14.8 Å². The zero-order chi connectivity index (χ0) is 33.2. The highest BCUT2D eigenvalue weighted by atomic mass is 19.1. The molecule has 47 heavy (non-hydrogen) atoms. The van der Waals surface area contributed by atoms with Crippen molar-refractivity contribution in [3.8, 4) is 17.1 Å². The molecule has 0 spiro atoms. The van der Waals surface area contributed by atoms with Crippen molar-refractivity contribution in [1.82, 2.24) is 14.1 Å². The van der Waals surface area contributed by atoms with Gasteiger partial charge in [-0.25, -0.2) is 9.37 Å². The molecule has 1 amide bonds. The van der Waals surface area contributed by atoms with Gasteiger partial charge in [0.15, 0.2) is 5.78 Å². The number of nitrogens with one attached hydrogen (secondary N) is 1. The van der Waals surface area contributed by atoms with Crippen molar-refractivity contribution >= 4 is 34.0 Å². The molecule has 0 unspecified atom stereocenters. The van der Waals surface area contributed by atoms with Crippen molar-refractivity contribution in [3.05, 3.63) is 106 Å². The van der Waals surface area contributed by atoms with Gasteiger partial charge in [-0.15, -0.1) is 0 Å². The molecule has 6 rings (SSSR count). The molecule has 9 heteroatoms. The van der Waals surface area contributed by atoms with E-state index in [1.54, 1.807) is 34.9 Å². The number of Topliss-reactive ketones (excluding diaryl/α,β-unsaturated/α-hetero) is 1. The van der Waals surface area contributed by atoms with Crippen molar-refractivity contribution in [1.29, 1.82) is 0 Å². The van der Waals surface area contributed by atoms with Gasteiger partial charge in [0.1, 0.15) is 17.3 Å². The average molecular weight is 634 g/mol. The molecule has 1 fully saturated rings. The van der Waals surface area contributed by atoms with E-state index in [9.17, 15) is 18.8 Å². The average Bonchev–Trinajstić information content (AvgIpc) is 3.74. The van der Waals surface area contributed by atoms with Crippen LogP contribution in [-0.2, 0) is 11.3 Å². The second-order valence-electron chi connectivity index (χ2n) is 12.4. The quantitative estimate of drug-likeness (QED) is 0.161. The van der Waals surface area contributed by atoms with Gasteiger partial charge in [0.05, 0.1) is 18.3 Å². The lowest BCUT2D eigenvalue weighted by Gasteiger charge is -2.22. The number of carbonyl (C=O) groups is 2. The van der Waals surface area contributed by atoms with E-state index in [1.165, 1.54) is 12.3 Å². The lowest BCUT2D eigenvalue weighted by molar-refractivity contribution is -0.119. The van der Waals surface area contributed by atoms with Gasteiger partial charge in [0, 0.05) is 59.5 Å². The third kappa shape index (κ3) is 6.48. The standard InChI is InChI=1S/C38H40FN5O3/c1-5-24(3)37(46)41-33-21-40-36(28-11-9-10-27(18-28)35(45)6-2)44(38(33)47)23-26-16-30(42-14-7-8-15-42)20-31(17-26)43-22-25(4)32-19-29(39)12-13-34(32)43/h9-13,16-22,24H,5-8,14-15,23H2,1-4H3,(H,41,46)/t24-/m1/s1. The van der Waals surface area contributed by atoms with Crippen molar-refractivity contribution in [2.45, 2.75) is 59.9 Å². The summed E-state index contributed by atoms with van der Waals surface area (Å²) in [5.74, 6) is -0.407. The molecule has 8 nitrogen and oxygen atoms in total. The predicted octanol–water partition coefficient (Wildman–Crippen LogP) is 7.53. The van der Waals surface area contributed by atoms with E-state index in [0.29, 0.717) is 29.8 Å². The second-order valence-corrected chi connectivity index (χ2v) is 12.4. The van der Waals surface area contributed by atoms with E-state index in [2.05, 4.69) is 31.9 Å². The first-order valence-electron chi connectivity index (χ1n) is 16.4. The summed E-state index contributed by atoms with van der Waals surface area (Å²) in [7, 11) is 0. The molecule has 0 aliphatic carbocycles. The summed E-state index contributed by atoms with van der Waals surface area (Å²) in [5, 5.41) is 3.63. The first-order valence-corrected chi connectivity index (χ1v) is 16.4. The molecule has 1 aliphatic rings. The Morgan fingerprint density at radius 2 is 1.77 bits per heavy atom. The summed E-state index contributed by atoms with van der Waals surface area (Å²) in [6, 6.07) is 18.3. The molecule has 0 bridgehead atoms. The monoisotopic (exact) mass is 633 g/mol.